The summed E-state index contributed by atoms with van der Waals surface area (Å²) in [5.41, 5.74) is 13.3. The molecule has 0 fully saturated rings. The number of nitrogens with two attached hydrogens (primary N) is 2. The zero-order valence-electron chi connectivity index (χ0n) is 12.3. The number of ether oxygens (including phenoxy) is 1. The first-order valence-electron chi connectivity index (χ1n) is 6.22. The van der Waals surface area contributed by atoms with Crippen LogP contribution in [0.25, 0.3) is 0 Å². The van der Waals surface area contributed by atoms with Crippen molar-refractivity contribution in [1.29, 1.82) is 0 Å². The van der Waals surface area contributed by atoms with E-state index in [1.807, 2.05) is 6.08 Å². The van der Waals surface area contributed by atoms with E-state index in [0.717, 1.165) is 5.70 Å². The predicted molar refractivity (Wildman–Crippen MR) is 77.2 cm³/mol. The highest BCUT2D eigenvalue weighted by atomic mass is 28.4. The van der Waals surface area contributed by atoms with Gasteiger partial charge in [0.1, 0.15) is 0 Å². The average Bonchev–Trinajstić information content (AvgIpc) is 2.21. The van der Waals surface area contributed by atoms with Crippen LogP contribution in [0.5, 0.6) is 0 Å². The van der Waals surface area contributed by atoms with Crippen LogP contribution >= 0.6 is 0 Å². The fourth-order valence-corrected chi connectivity index (χ4v) is 3.05. The van der Waals surface area contributed by atoms with Crippen molar-refractivity contribution in [2.24, 2.45) is 11.5 Å². The SMILES string of the molecule is COC1(O[Si](C)(C)C(C)(C)C)CC(N)=CC=C1N. The molecule has 0 aliphatic heterocycles. The van der Waals surface area contributed by atoms with Crippen LogP contribution in [0.4, 0.5) is 0 Å². The van der Waals surface area contributed by atoms with E-state index in [9.17, 15) is 0 Å². The third-order valence-electron chi connectivity index (χ3n) is 3.91. The van der Waals surface area contributed by atoms with Gasteiger partial charge in [0.25, 0.3) is 0 Å². The summed E-state index contributed by atoms with van der Waals surface area (Å²) in [5, 5.41) is 0.0920. The largest absolute Gasteiger partial charge is 0.402 e. The smallest absolute Gasteiger partial charge is 0.205 e. The summed E-state index contributed by atoms with van der Waals surface area (Å²) < 4.78 is 12.0. The summed E-state index contributed by atoms with van der Waals surface area (Å²) in [4.78, 5) is 0. The maximum absolute atomic E-state index is 6.37. The Balaban J connectivity index is 3.06. The van der Waals surface area contributed by atoms with Crippen LogP contribution in [0.3, 0.4) is 0 Å². The molecule has 0 saturated heterocycles. The Morgan fingerprint density at radius 1 is 1.22 bits per heavy atom. The zero-order chi connectivity index (χ0) is 14.2. The fourth-order valence-electron chi connectivity index (χ4n) is 1.65. The molecule has 104 valence electrons. The van der Waals surface area contributed by atoms with Gasteiger partial charge in [0, 0.05) is 19.2 Å². The van der Waals surface area contributed by atoms with Crippen LogP contribution in [-0.4, -0.2) is 21.2 Å². The molecule has 18 heavy (non-hydrogen) atoms. The molecule has 0 saturated carbocycles. The molecule has 0 aromatic heterocycles. The first-order valence-corrected chi connectivity index (χ1v) is 9.12. The van der Waals surface area contributed by atoms with Crippen molar-refractivity contribution in [2.45, 2.75) is 51.1 Å². The van der Waals surface area contributed by atoms with E-state index in [1.54, 1.807) is 13.2 Å². The fraction of sp³-hybridized carbons (Fsp3) is 0.692. The summed E-state index contributed by atoms with van der Waals surface area (Å²) in [6, 6.07) is 0. The summed E-state index contributed by atoms with van der Waals surface area (Å²) in [5.74, 6) is -0.901. The third kappa shape index (κ3) is 2.79. The molecule has 0 bridgehead atoms. The number of rotatable bonds is 3. The van der Waals surface area contributed by atoms with Gasteiger partial charge in [-0.25, -0.2) is 0 Å². The lowest BCUT2D eigenvalue weighted by molar-refractivity contribution is -0.143. The second kappa shape index (κ2) is 4.72. The summed E-state index contributed by atoms with van der Waals surface area (Å²) in [6.45, 7) is 10.9. The van der Waals surface area contributed by atoms with Crippen molar-refractivity contribution >= 4 is 8.32 Å². The van der Waals surface area contributed by atoms with Gasteiger partial charge in [-0.2, -0.15) is 0 Å². The average molecular weight is 270 g/mol. The van der Waals surface area contributed by atoms with Crippen LogP contribution in [0, 0.1) is 0 Å². The molecule has 5 heteroatoms. The van der Waals surface area contributed by atoms with E-state index < -0.39 is 14.1 Å². The van der Waals surface area contributed by atoms with Crippen LogP contribution in [0.2, 0.25) is 18.1 Å². The molecule has 1 unspecified atom stereocenters. The van der Waals surface area contributed by atoms with Gasteiger partial charge in [-0.05, 0) is 30.3 Å². The van der Waals surface area contributed by atoms with Gasteiger partial charge in [0.15, 0.2) is 8.32 Å². The first-order chi connectivity index (χ1) is 8.04. The van der Waals surface area contributed by atoms with Crippen molar-refractivity contribution in [1.82, 2.24) is 0 Å². The minimum atomic E-state index is -1.99. The second-order valence-electron chi connectivity index (χ2n) is 6.36. The van der Waals surface area contributed by atoms with Crippen LogP contribution in [-0.2, 0) is 9.16 Å². The van der Waals surface area contributed by atoms with E-state index >= 15 is 0 Å². The Hall–Kier alpha value is -0.783. The van der Waals surface area contributed by atoms with Gasteiger partial charge in [0.05, 0.1) is 5.70 Å². The molecule has 0 heterocycles. The van der Waals surface area contributed by atoms with Gasteiger partial charge in [-0.1, -0.05) is 20.8 Å². The maximum Gasteiger partial charge on any atom is 0.205 e. The van der Waals surface area contributed by atoms with E-state index in [-0.39, 0.29) is 5.04 Å². The van der Waals surface area contributed by atoms with Crippen molar-refractivity contribution in [3.05, 3.63) is 23.5 Å². The van der Waals surface area contributed by atoms with Crippen molar-refractivity contribution < 1.29 is 9.16 Å². The molecule has 0 radical (unpaired) electrons. The molecule has 0 spiro atoms. The quantitative estimate of drug-likeness (QED) is 0.610. The highest BCUT2D eigenvalue weighted by Crippen LogP contribution is 2.42. The molecule has 0 aromatic carbocycles. The van der Waals surface area contributed by atoms with E-state index in [4.69, 9.17) is 20.6 Å². The summed E-state index contributed by atoms with van der Waals surface area (Å²) in [7, 11) is -0.368. The molecule has 4 nitrogen and oxygen atoms in total. The Labute approximate surface area is 111 Å². The summed E-state index contributed by atoms with van der Waals surface area (Å²) >= 11 is 0. The monoisotopic (exact) mass is 270 g/mol. The number of hydrogen-bond donors (Lipinski definition) is 2. The first kappa shape index (κ1) is 15.3. The Bertz CT molecular complexity index is 383. The maximum atomic E-state index is 6.37. The predicted octanol–water partition coefficient (Wildman–Crippen LogP) is 2.44. The Morgan fingerprint density at radius 2 is 1.78 bits per heavy atom. The molecule has 1 atom stereocenters. The van der Waals surface area contributed by atoms with Gasteiger partial charge < -0.3 is 20.6 Å². The standard InChI is InChI=1S/C13H26N2O2Si/c1-12(2,3)18(5,6)17-13(16-4)9-10(14)7-8-11(13)15/h7-8H,9,14-15H2,1-6H3. The molecular formula is C13H26N2O2Si. The van der Waals surface area contributed by atoms with Gasteiger partial charge in [-0.15, -0.1) is 0 Å². The minimum absolute atomic E-state index is 0.0920. The van der Waals surface area contributed by atoms with Crippen LogP contribution in [0.15, 0.2) is 23.5 Å². The van der Waals surface area contributed by atoms with Crippen molar-refractivity contribution in [3.63, 3.8) is 0 Å². The molecule has 0 aromatic rings. The molecule has 0 amide bonds. The summed E-state index contributed by atoms with van der Waals surface area (Å²) in [6.07, 6.45) is 4.06. The topological polar surface area (TPSA) is 70.5 Å². The number of allylic oxidation sites excluding steroid dienone is 2. The lowest BCUT2D eigenvalue weighted by atomic mass is 10.0. The van der Waals surface area contributed by atoms with Crippen molar-refractivity contribution in [3.8, 4) is 0 Å². The van der Waals surface area contributed by atoms with Gasteiger partial charge in [-0.3, -0.25) is 0 Å². The second-order valence-corrected chi connectivity index (χ2v) is 11.1. The lowest BCUT2D eigenvalue weighted by Gasteiger charge is -2.45. The zero-order valence-corrected chi connectivity index (χ0v) is 13.3. The minimum Gasteiger partial charge on any atom is -0.402 e. The lowest BCUT2D eigenvalue weighted by Crippen LogP contribution is -2.54. The number of methoxy groups -OCH3 is 1. The molecule has 4 N–H and O–H groups in total. The van der Waals surface area contributed by atoms with E-state index in [2.05, 4.69) is 33.9 Å². The highest BCUT2D eigenvalue weighted by molar-refractivity contribution is 6.74. The Kier molecular flexibility index (Phi) is 4.00. The third-order valence-corrected chi connectivity index (χ3v) is 8.36. The van der Waals surface area contributed by atoms with Crippen molar-refractivity contribution in [2.75, 3.05) is 7.11 Å². The van der Waals surface area contributed by atoms with Crippen LogP contribution in [0.1, 0.15) is 27.2 Å². The van der Waals surface area contributed by atoms with Gasteiger partial charge in [0.2, 0.25) is 5.79 Å². The highest BCUT2D eigenvalue weighted by Gasteiger charge is 2.47. The van der Waals surface area contributed by atoms with E-state index in [1.165, 1.54) is 0 Å². The molecule has 1 aliphatic carbocycles. The molecule has 1 aliphatic rings. The van der Waals surface area contributed by atoms with E-state index in [0.29, 0.717) is 12.1 Å². The van der Waals surface area contributed by atoms with Crippen LogP contribution < -0.4 is 11.5 Å². The normalized spacial score (nSPS) is 25.7. The Morgan fingerprint density at radius 3 is 2.22 bits per heavy atom. The molecular weight excluding hydrogens is 244 g/mol. The molecule has 1 rings (SSSR count). The van der Waals surface area contributed by atoms with Gasteiger partial charge >= 0.3 is 0 Å². The number of hydrogen-bond acceptors (Lipinski definition) is 4.